The minimum absolute atomic E-state index is 0.0240. The molecule has 2 aromatic carbocycles. The summed E-state index contributed by atoms with van der Waals surface area (Å²) in [6, 6.07) is 16.9. The SMILES string of the molecule is O=C(Nc1ccc(S(=O)(=O)Nc2ccc(Cl)nn2)cc1)c1ccn(COc2ccccc2Cl)n1. The highest BCUT2D eigenvalue weighted by molar-refractivity contribution is 7.92. The fraction of sp³-hybridized carbons (Fsp3) is 0.0476. The Morgan fingerprint density at radius 3 is 2.44 bits per heavy atom. The van der Waals surface area contributed by atoms with Crippen LogP contribution in [0.4, 0.5) is 11.5 Å². The maximum atomic E-state index is 12.5. The van der Waals surface area contributed by atoms with E-state index in [0.717, 1.165) is 0 Å². The first-order valence-corrected chi connectivity index (χ1v) is 11.9. The Balaban J connectivity index is 1.36. The summed E-state index contributed by atoms with van der Waals surface area (Å²) in [5.74, 6) is 0.0517. The summed E-state index contributed by atoms with van der Waals surface area (Å²) in [4.78, 5) is 12.5. The van der Waals surface area contributed by atoms with Gasteiger partial charge in [0.1, 0.15) is 5.75 Å². The Kier molecular flexibility index (Phi) is 6.96. The summed E-state index contributed by atoms with van der Waals surface area (Å²) in [5.41, 5.74) is 0.541. The Morgan fingerprint density at radius 2 is 1.74 bits per heavy atom. The zero-order valence-corrected chi connectivity index (χ0v) is 19.5. The standard InChI is InChI=1S/C21H16Cl2N6O4S/c22-16-3-1-2-4-18(16)33-13-29-12-11-17(27-29)21(30)24-14-5-7-15(8-6-14)34(31,32)28-20-10-9-19(23)25-26-20/h1-12H,13H2,(H,24,30)(H,26,28). The van der Waals surface area contributed by atoms with Gasteiger partial charge in [0.15, 0.2) is 23.4 Å². The van der Waals surface area contributed by atoms with Gasteiger partial charge in [-0.3, -0.25) is 9.52 Å². The van der Waals surface area contributed by atoms with Gasteiger partial charge in [-0.25, -0.2) is 13.1 Å². The predicted molar refractivity (Wildman–Crippen MR) is 127 cm³/mol. The van der Waals surface area contributed by atoms with Gasteiger partial charge in [0.25, 0.3) is 15.9 Å². The van der Waals surface area contributed by atoms with Crippen LogP contribution < -0.4 is 14.8 Å². The Bertz CT molecular complexity index is 1410. The van der Waals surface area contributed by atoms with E-state index in [-0.39, 0.29) is 28.3 Å². The third-order valence-corrected chi connectivity index (χ3v) is 6.24. The van der Waals surface area contributed by atoms with Gasteiger partial charge in [0.05, 0.1) is 9.92 Å². The van der Waals surface area contributed by atoms with E-state index in [0.29, 0.717) is 16.5 Å². The van der Waals surface area contributed by atoms with E-state index in [9.17, 15) is 13.2 Å². The van der Waals surface area contributed by atoms with Crippen LogP contribution >= 0.6 is 23.2 Å². The van der Waals surface area contributed by atoms with Crippen molar-refractivity contribution in [3.8, 4) is 5.75 Å². The van der Waals surface area contributed by atoms with Crippen molar-refractivity contribution >= 4 is 50.6 Å². The van der Waals surface area contributed by atoms with Gasteiger partial charge in [0.2, 0.25) is 0 Å². The van der Waals surface area contributed by atoms with Crippen molar-refractivity contribution in [2.45, 2.75) is 11.6 Å². The molecule has 0 spiro atoms. The Hall–Kier alpha value is -3.67. The summed E-state index contributed by atoms with van der Waals surface area (Å²) in [7, 11) is -3.90. The number of aromatic nitrogens is 4. The lowest BCUT2D eigenvalue weighted by Crippen LogP contribution is -2.16. The van der Waals surface area contributed by atoms with E-state index in [1.165, 1.54) is 47.1 Å². The van der Waals surface area contributed by atoms with Crippen molar-refractivity contribution in [3.63, 3.8) is 0 Å². The molecule has 10 nitrogen and oxygen atoms in total. The molecular formula is C21H16Cl2N6O4S. The average molecular weight is 519 g/mol. The van der Waals surface area contributed by atoms with Crippen LogP contribution in [0.5, 0.6) is 5.75 Å². The van der Waals surface area contributed by atoms with Crippen molar-refractivity contribution in [1.29, 1.82) is 0 Å². The molecule has 0 atom stereocenters. The van der Waals surface area contributed by atoms with Gasteiger partial charge in [-0.2, -0.15) is 5.10 Å². The lowest BCUT2D eigenvalue weighted by Gasteiger charge is -2.08. The van der Waals surface area contributed by atoms with E-state index < -0.39 is 15.9 Å². The number of nitrogens with zero attached hydrogens (tertiary/aromatic N) is 4. The second-order valence-electron chi connectivity index (χ2n) is 6.77. The van der Waals surface area contributed by atoms with Crippen LogP contribution in [0, 0.1) is 0 Å². The number of carbonyl (C=O) groups excluding carboxylic acids is 1. The number of para-hydroxylation sites is 1. The summed E-state index contributed by atoms with van der Waals surface area (Å²) < 4.78 is 34.3. The number of hydrogen-bond acceptors (Lipinski definition) is 7. The molecule has 13 heteroatoms. The Morgan fingerprint density at radius 1 is 0.971 bits per heavy atom. The number of rotatable bonds is 8. The van der Waals surface area contributed by atoms with Gasteiger partial charge in [-0.15, -0.1) is 10.2 Å². The first kappa shape index (κ1) is 23.5. The molecule has 174 valence electrons. The molecule has 0 aliphatic rings. The smallest absolute Gasteiger partial charge is 0.276 e. The van der Waals surface area contributed by atoms with E-state index in [2.05, 4.69) is 25.3 Å². The lowest BCUT2D eigenvalue weighted by atomic mass is 10.3. The molecule has 0 radical (unpaired) electrons. The Labute approximate surface area is 204 Å². The molecule has 0 aliphatic carbocycles. The average Bonchev–Trinajstić information content (AvgIpc) is 3.30. The van der Waals surface area contributed by atoms with Crippen LogP contribution in [-0.4, -0.2) is 34.3 Å². The molecular weight excluding hydrogens is 503 g/mol. The highest BCUT2D eigenvalue weighted by atomic mass is 35.5. The fourth-order valence-corrected chi connectivity index (χ4v) is 4.02. The van der Waals surface area contributed by atoms with Crippen LogP contribution in [0.2, 0.25) is 10.2 Å². The van der Waals surface area contributed by atoms with E-state index in [1.54, 1.807) is 30.5 Å². The molecule has 1 amide bonds. The van der Waals surface area contributed by atoms with Crippen molar-refractivity contribution in [2.75, 3.05) is 10.0 Å². The van der Waals surface area contributed by atoms with Crippen LogP contribution in [0.1, 0.15) is 10.5 Å². The number of anilines is 2. The lowest BCUT2D eigenvalue weighted by molar-refractivity contribution is 0.102. The molecule has 0 aliphatic heterocycles. The zero-order valence-electron chi connectivity index (χ0n) is 17.2. The number of sulfonamides is 1. The van der Waals surface area contributed by atoms with Gasteiger partial charge in [-0.05, 0) is 54.6 Å². The highest BCUT2D eigenvalue weighted by Gasteiger charge is 2.16. The highest BCUT2D eigenvalue weighted by Crippen LogP contribution is 2.23. The van der Waals surface area contributed by atoms with E-state index >= 15 is 0 Å². The number of halogens is 2. The topological polar surface area (TPSA) is 128 Å². The quantitative estimate of drug-likeness (QED) is 0.359. The molecule has 2 aromatic heterocycles. The number of nitrogens with one attached hydrogen (secondary N) is 2. The molecule has 2 N–H and O–H groups in total. The van der Waals surface area contributed by atoms with Crippen molar-refractivity contribution in [1.82, 2.24) is 20.0 Å². The summed E-state index contributed by atoms with van der Waals surface area (Å²) in [6.07, 6.45) is 1.59. The van der Waals surface area contributed by atoms with Crippen LogP contribution in [0.3, 0.4) is 0 Å². The molecule has 34 heavy (non-hydrogen) atoms. The molecule has 0 saturated carbocycles. The maximum absolute atomic E-state index is 12.5. The summed E-state index contributed by atoms with van der Waals surface area (Å²) in [5, 5.41) is 14.7. The minimum atomic E-state index is -3.90. The van der Waals surface area contributed by atoms with Crippen molar-refractivity contribution in [3.05, 3.63) is 88.8 Å². The number of benzene rings is 2. The monoisotopic (exact) mass is 518 g/mol. The maximum Gasteiger partial charge on any atom is 0.276 e. The second-order valence-corrected chi connectivity index (χ2v) is 9.25. The number of ether oxygens (including phenoxy) is 1. The minimum Gasteiger partial charge on any atom is -0.470 e. The number of hydrogen-bond donors (Lipinski definition) is 2. The number of carbonyl (C=O) groups is 1. The van der Waals surface area contributed by atoms with Gasteiger partial charge >= 0.3 is 0 Å². The zero-order chi connectivity index (χ0) is 24.1. The normalized spacial score (nSPS) is 11.1. The van der Waals surface area contributed by atoms with Crippen LogP contribution in [-0.2, 0) is 16.8 Å². The van der Waals surface area contributed by atoms with Gasteiger partial charge in [-0.1, -0.05) is 35.3 Å². The second kappa shape index (κ2) is 10.1. The molecule has 0 bridgehead atoms. The predicted octanol–water partition coefficient (Wildman–Crippen LogP) is 4.07. The van der Waals surface area contributed by atoms with Crippen LogP contribution in [0.15, 0.2) is 77.8 Å². The third kappa shape index (κ3) is 5.81. The van der Waals surface area contributed by atoms with Crippen molar-refractivity contribution < 1.29 is 17.9 Å². The molecule has 2 heterocycles. The first-order chi connectivity index (χ1) is 16.3. The number of amides is 1. The summed E-state index contributed by atoms with van der Waals surface area (Å²) in [6.45, 7) is 0.0641. The molecule has 0 unspecified atom stereocenters. The molecule has 0 saturated heterocycles. The van der Waals surface area contributed by atoms with E-state index in [4.69, 9.17) is 27.9 Å². The first-order valence-electron chi connectivity index (χ1n) is 9.64. The van der Waals surface area contributed by atoms with Gasteiger partial charge < -0.3 is 10.1 Å². The molecule has 0 fully saturated rings. The summed E-state index contributed by atoms with van der Waals surface area (Å²) >= 11 is 11.7. The van der Waals surface area contributed by atoms with Crippen LogP contribution in [0.25, 0.3) is 0 Å². The molecule has 4 rings (SSSR count). The third-order valence-electron chi connectivity index (χ3n) is 4.36. The van der Waals surface area contributed by atoms with Gasteiger partial charge in [0, 0.05) is 11.9 Å². The van der Waals surface area contributed by atoms with Crippen molar-refractivity contribution in [2.24, 2.45) is 0 Å². The van der Waals surface area contributed by atoms with E-state index in [1.807, 2.05) is 0 Å². The fourth-order valence-electron chi connectivity index (χ4n) is 2.73. The largest absolute Gasteiger partial charge is 0.470 e. The molecule has 4 aromatic rings.